The number of halogens is 1. The second kappa shape index (κ2) is 4.00. The molecule has 0 aliphatic heterocycles. The standard InChI is InChI=1S/C7H10FN2O/c8-7-3-1-2-4-10(7)5-6-11-9/h1-4H,5-6,9H2/q+1. The van der Waals surface area contributed by atoms with Crippen LogP contribution in [0.25, 0.3) is 0 Å². The maximum absolute atomic E-state index is 12.8. The molecule has 0 unspecified atom stereocenters. The van der Waals surface area contributed by atoms with Crippen molar-refractivity contribution < 1.29 is 13.8 Å². The van der Waals surface area contributed by atoms with Gasteiger partial charge in [-0.3, -0.25) is 4.84 Å². The topological polar surface area (TPSA) is 39.1 Å². The molecule has 1 aromatic rings. The number of nitrogens with two attached hydrogens (primary N) is 1. The zero-order valence-corrected chi connectivity index (χ0v) is 6.03. The molecule has 3 nitrogen and oxygen atoms in total. The van der Waals surface area contributed by atoms with Crippen molar-refractivity contribution >= 4 is 0 Å². The van der Waals surface area contributed by atoms with Crippen LogP contribution in [0, 0.1) is 5.95 Å². The van der Waals surface area contributed by atoms with Crippen LogP contribution >= 0.6 is 0 Å². The van der Waals surface area contributed by atoms with Gasteiger partial charge in [0.05, 0.1) is 0 Å². The number of hydrogen-bond donors (Lipinski definition) is 1. The van der Waals surface area contributed by atoms with Gasteiger partial charge in [-0.25, -0.2) is 5.90 Å². The SMILES string of the molecule is NOCC[n+]1ccccc1F. The van der Waals surface area contributed by atoms with E-state index in [4.69, 9.17) is 5.90 Å². The Hall–Kier alpha value is -1.00. The van der Waals surface area contributed by atoms with E-state index >= 15 is 0 Å². The molecular formula is C7H10FN2O+. The third-order valence-corrected chi connectivity index (χ3v) is 1.34. The Bertz CT molecular complexity index is 229. The molecule has 11 heavy (non-hydrogen) atoms. The predicted octanol–water partition coefficient (Wildman–Crippen LogP) is 0.00350. The summed E-state index contributed by atoms with van der Waals surface area (Å²) in [5.41, 5.74) is 0. The van der Waals surface area contributed by atoms with E-state index in [-0.39, 0.29) is 5.95 Å². The molecule has 0 radical (unpaired) electrons. The highest BCUT2D eigenvalue weighted by atomic mass is 19.1. The highest BCUT2D eigenvalue weighted by molar-refractivity contribution is 4.85. The van der Waals surface area contributed by atoms with Gasteiger partial charge in [0.1, 0.15) is 6.61 Å². The van der Waals surface area contributed by atoms with E-state index in [1.807, 2.05) is 0 Å². The second-order valence-electron chi connectivity index (χ2n) is 2.09. The molecule has 2 N–H and O–H groups in total. The van der Waals surface area contributed by atoms with Crippen molar-refractivity contribution in [2.45, 2.75) is 6.54 Å². The number of nitrogens with zero attached hydrogens (tertiary/aromatic N) is 1. The monoisotopic (exact) mass is 157 g/mol. The fourth-order valence-electron chi connectivity index (χ4n) is 0.788. The normalized spacial score (nSPS) is 10.0. The molecule has 0 aliphatic rings. The molecule has 0 saturated heterocycles. The van der Waals surface area contributed by atoms with Gasteiger partial charge in [-0.1, -0.05) is 0 Å². The van der Waals surface area contributed by atoms with Gasteiger partial charge in [0.2, 0.25) is 0 Å². The first-order valence-electron chi connectivity index (χ1n) is 3.30. The number of hydrogen-bond acceptors (Lipinski definition) is 2. The molecule has 1 aromatic heterocycles. The minimum absolute atomic E-state index is 0.287. The summed E-state index contributed by atoms with van der Waals surface area (Å²) < 4.78 is 14.2. The zero-order valence-electron chi connectivity index (χ0n) is 6.03. The van der Waals surface area contributed by atoms with Gasteiger partial charge in [-0.15, -0.1) is 4.39 Å². The highest BCUT2D eigenvalue weighted by Crippen LogP contribution is 1.86. The predicted molar refractivity (Wildman–Crippen MR) is 36.7 cm³/mol. The molecule has 0 fully saturated rings. The molecule has 4 heteroatoms. The van der Waals surface area contributed by atoms with Gasteiger partial charge in [-0.05, 0) is 6.07 Å². The van der Waals surface area contributed by atoms with Crippen molar-refractivity contribution in [1.29, 1.82) is 0 Å². The Morgan fingerprint density at radius 3 is 3.00 bits per heavy atom. The van der Waals surface area contributed by atoms with Crippen molar-refractivity contribution in [1.82, 2.24) is 0 Å². The Balaban J connectivity index is 2.62. The van der Waals surface area contributed by atoms with Gasteiger partial charge < -0.3 is 0 Å². The lowest BCUT2D eigenvalue weighted by atomic mass is 10.4. The Morgan fingerprint density at radius 2 is 2.36 bits per heavy atom. The largest absolute Gasteiger partial charge is 0.359 e. The van der Waals surface area contributed by atoms with E-state index in [2.05, 4.69) is 4.84 Å². The molecule has 1 rings (SSSR count). The van der Waals surface area contributed by atoms with E-state index in [1.165, 1.54) is 10.6 Å². The zero-order chi connectivity index (χ0) is 8.10. The van der Waals surface area contributed by atoms with Crippen molar-refractivity contribution in [3.8, 4) is 0 Å². The minimum atomic E-state index is -0.287. The van der Waals surface area contributed by atoms with Crippen LogP contribution in [-0.2, 0) is 11.4 Å². The molecule has 60 valence electrons. The van der Waals surface area contributed by atoms with Crippen LogP contribution in [0.4, 0.5) is 4.39 Å². The van der Waals surface area contributed by atoms with E-state index in [9.17, 15) is 4.39 Å². The van der Waals surface area contributed by atoms with Crippen LogP contribution in [-0.4, -0.2) is 6.61 Å². The molecule has 0 saturated carbocycles. The van der Waals surface area contributed by atoms with Crippen LogP contribution in [0.3, 0.4) is 0 Å². The Kier molecular flexibility index (Phi) is 2.95. The van der Waals surface area contributed by atoms with E-state index in [0.29, 0.717) is 13.2 Å². The van der Waals surface area contributed by atoms with Gasteiger partial charge in [-0.2, -0.15) is 4.57 Å². The van der Waals surface area contributed by atoms with Crippen LogP contribution in [0.1, 0.15) is 0 Å². The van der Waals surface area contributed by atoms with Gasteiger partial charge in [0.25, 0.3) is 0 Å². The molecular weight excluding hydrogens is 147 g/mol. The number of aromatic nitrogens is 1. The van der Waals surface area contributed by atoms with Crippen LogP contribution in [0.5, 0.6) is 0 Å². The molecule has 0 spiro atoms. The second-order valence-corrected chi connectivity index (χ2v) is 2.09. The van der Waals surface area contributed by atoms with Crippen molar-refractivity contribution in [3.05, 3.63) is 30.3 Å². The van der Waals surface area contributed by atoms with E-state index < -0.39 is 0 Å². The molecule has 0 atom stereocenters. The summed E-state index contributed by atoms with van der Waals surface area (Å²) >= 11 is 0. The van der Waals surface area contributed by atoms with Crippen LogP contribution in [0.2, 0.25) is 0 Å². The van der Waals surface area contributed by atoms with Crippen LogP contribution in [0.15, 0.2) is 24.4 Å². The van der Waals surface area contributed by atoms with Gasteiger partial charge in [0.15, 0.2) is 12.7 Å². The average Bonchev–Trinajstić information content (AvgIpc) is 2.03. The van der Waals surface area contributed by atoms with Crippen molar-refractivity contribution in [2.75, 3.05) is 6.61 Å². The van der Waals surface area contributed by atoms with E-state index in [1.54, 1.807) is 18.3 Å². The van der Waals surface area contributed by atoms with Gasteiger partial charge >= 0.3 is 5.95 Å². The number of pyridine rings is 1. The fraction of sp³-hybridized carbons (Fsp3) is 0.286. The summed E-state index contributed by atoms with van der Waals surface area (Å²) in [6.45, 7) is 0.745. The Labute approximate surface area is 64.2 Å². The molecule has 1 heterocycles. The van der Waals surface area contributed by atoms with E-state index in [0.717, 1.165) is 0 Å². The summed E-state index contributed by atoms with van der Waals surface area (Å²) in [5, 5.41) is 0. The summed E-state index contributed by atoms with van der Waals surface area (Å²) in [5.74, 6) is 4.50. The highest BCUT2D eigenvalue weighted by Gasteiger charge is 2.05. The minimum Gasteiger partial charge on any atom is -0.298 e. The lowest BCUT2D eigenvalue weighted by molar-refractivity contribution is -0.725. The van der Waals surface area contributed by atoms with Crippen LogP contribution < -0.4 is 10.5 Å². The maximum atomic E-state index is 12.8. The molecule has 0 amide bonds. The maximum Gasteiger partial charge on any atom is 0.359 e. The first kappa shape index (κ1) is 8.10. The lowest BCUT2D eigenvalue weighted by Gasteiger charge is -1.94. The number of rotatable bonds is 3. The van der Waals surface area contributed by atoms with Gasteiger partial charge in [0, 0.05) is 12.1 Å². The lowest BCUT2D eigenvalue weighted by Crippen LogP contribution is -2.39. The summed E-state index contributed by atoms with van der Waals surface area (Å²) in [6, 6.07) is 4.77. The molecule has 0 bridgehead atoms. The summed E-state index contributed by atoms with van der Waals surface area (Å²) in [6.07, 6.45) is 1.63. The first-order valence-corrected chi connectivity index (χ1v) is 3.30. The third-order valence-electron chi connectivity index (χ3n) is 1.34. The third kappa shape index (κ3) is 2.25. The Morgan fingerprint density at radius 1 is 1.55 bits per heavy atom. The van der Waals surface area contributed by atoms with Crippen molar-refractivity contribution in [2.24, 2.45) is 5.90 Å². The average molecular weight is 157 g/mol. The quantitative estimate of drug-likeness (QED) is 0.381. The molecule has 0 aromatic carbocycles. The summed E-state index contributed by atoms with van der Waals surface area (Å²) in [4.78, 5) is 4.31. The molecule has 0 aliphatic carbocycles. The smallest absolute Gasteiger partial charge is 0.298 e. The summed E-state index contributed by atoms with van der Waals surface area (Å²) in [7, 11) is 0. The first-order chi connectivity index (χ1) is 5.34. The fourth-order valence-corrected chi connectivity index (χ4v) is 0.788. The van der Waals surface area contributed by atoms with Crippen molar-refractivity contribution in [3.63, 3.8) is 0 Å².